The Morgan fingerprint density at radius 1 is 1.24 bits per heavy atom. The minimum Gasteiger partial charge on any atom is -0.317 e. The lowest BCUT2D eigenvalue weighted by Crippen LogP contribution is -2.51. The van der Waals surface area contributed by atoms with Gasteiger partial charge in [0, 0.05) is 43.2 Å². The van der Waals surface area contributed by atoms with Gasteiger partial charge >= 0.3 is 0 Å². The van der Waals surface area contributed by atoms with E-state index in [-0.39, 0.29) is 0 Å². The van der Waals surface area contributed by atoms with Crippen LogP contribution in [-0.4, -0.2) is 73.2 Å². The summed E-state index contributed by atoms with van der Waals surface area (Å²) in [5, 5.41) is 4.35. The van der Waals surface area contributed by atoms with Gasteiger partial charge in [-0.25, -0.2) is 0 Å². The molecule has 0 aromatic heterocycles. The minimum atomic E-state index is 0.738. The van der Waals surface area contributed by atoms with E-state index in [1.807, 2.05) is 0 Å². The molecule has 2 fully saturated rings. The van der Waals surface area contributed by atoms with E-state index in [0.29, 0.717) is 0 Å². The Kier molecular flexibility index (Phi) is 5.60. The minimum absolute atomic E-state index is 0.738. The largest absolute Gasteiger partial charge is 0.317 e. The lowest BCUT2D eigenvalue weighted by atomic mass is 10.2. The molecule has 0 aliphatic carbocycles. The Balaban J connectivity index is 1.61. The summed E-state index contributed by atoms with van der Waals surface area (Å²) in [5.74, 6) is 1.32. The second kappa shape index (κ2) is 6.98. The van der Waals surface area contributed by atoms with Crippen molar-refractivity contribution in [2.24, 2.45) is 0 Å². The highest BCUT2D eigenvalue weighted by molar-refractivity contribution is 7.99. The van der Waals surface area contributed by atoms with Gasteiger partial charge in [0.1, 0.15) is 0 Å². The molecular weight excluding hydrogens is 230 g/mol. The monoisotopic (exact) mass is 257 g/mol. The van der Waals surface area contributed by atoms with Gasteiger partial charge in [-0.1, -0.05) is 0 Å². The quantitative estimate of drug-likeness (QED) is 0.813. The average Bonchev–Trinajstić information content (AvgIpc) is 2.33. The van der Waals surface area contributed by atoms with Crippen LogP contribution in [0, 0.1) is 0 Å². The third-order valence-electron chi connectivity index (χ3n) is 3.99. The van der Waals surface area contributed by atoms with Crippen molar-refractivity contribution >= 4 is 11.8 Å². The lowest BCUT2D eigenvalue weighted by Gasteiger charge is -2.38. The summed E-state index contributed by atoms with van der Waals surface area (Å²) >= 11 is 2.20. The molecule has 0 bridgehead atoms. The molecule has 4 heteroatoms. The Morgan fingerprint density at radius 3 is 2.71 bits per heavy atom. The van der Waals surface area contributed by atoms with Crippen molar-refractivity contribution in [3.05, 3.63) is 0 Å². The highest BCUT2D eigenvalue weighted by Gasteiger charge is 2.21. The molecular formula is C13H27N3S. The molecule has 100 valence electrons. The molecule has 0 aromatic carbocycles. The number of hydrogen-bond acceptors (Lipinski definition) is 4. The summed E-state index contributed by atoms with van der Waals surface area (Å²) in [4.78, 5) is 5.11. The first kappa shape index (κ1) is 13.7. The van der Waals surface area contributed by atoms with E-state index < -0.39 is 0 Å². The molecule has 1 atom stereocenters. The van der Waals surface area contributed by atoms with Crippen LogP contribution >= 0.6 is 11.8 Å². The molecule has 2 heterocycles. The summed E-state index contributed by atoms with van der Waals surface area (Å²) in [6, 6.07) is 0.738. The normalized spacial score (nSPS) is 29.6. The maximum Gasteiger partial charge on any atom is 0.0195 e. The van der Waals surface area contributed by atoms with Crippen LogP contribution in [0.25, 0.3) is 0 Å². The van der Waals surface area contributed by atoms with Crippen LogP contribution < -0.4 is 5.32 Å². The SMILES string of the molecule is CC1CN(C)CCN1CCSC1CCNCC1. The number of rotatable bonds is 4. The van der Waals surface area contributed by atoms with Gasteiger partial charge in [-0.2, -0.15) is 11.8 Å². The van der Waals surface area contributed by atoms with Crippen molar-refractivity contribution in [3.8, 4) is 0 Å². The maximum atomic E-state index is 3.44. The topological polar surface area (TPSA) is 18.5 Å². The zero-order valence-electron chi connectivity index (χ0n) is 11.3. The van der Waals surface area contributed by atoms with E-state index in [4.69, 9.17) is 0 Å². The molecule has 2 saturated heterocycles. The second-order valence-electron chi connectivity index (χ2n) is 5.47. The Morgan fingerprint density at radius 2 is 2.00 bits per heavy atom. The van der Waals surface area contributed by atoms with Crippen LogP contribution in [0.15, 0.2) is 0 Å². The third-order valence-corrected chi connectivity index (χ3v) is 5.35. The number of thioether (sulfide) groups is 1. The number of hydrogen-bond donors (Lipinski definition) is 1. The maximum absolute atomic E-state index is 3.44. The van der Waals surface area contributed by atoms with E-state index in [2.05, 4.69) is 40.8 Å². The van der Waals surface area contributed by atoms with E-state index in [1.54, 1.807) is 0 Å². The Bertz CT molecular complexity index is 219. The summed E-state index contributed by atoms with van der Waals surface area (Å²) in [5.41, 5.74) is 0. The summed E-state index contributed by atoms with van der Waals surface area (Å²) in [7, 11) is 2.23. The van der Waals surface area contributed by atoms with Crippen molar-refractivity contribution in [3.63, 3.8) is 0 Å². The first-order chi connectivity index (χ1) is 8.25. The van der Waals surface area contributed by atoms with Crippen molar-refractivity contribution in [1.82, 2.24) is 15.1 Å². The fraction of sp³-hybridized carbons (Fsp3) is 1.00. The van der Waals surface area contributed by atoms with Gasteiger partial charge in [0.2, 0.25) is 0 Å². The van der Waals surface area contributed by atoms with Gasteiger partial charge in [-0.05, 0) is 39.9 Å². The molecule has 0 saturated carbocycles. The van der Waals surface area contributed by atoms with Crippen LogP contribution in [0.1, 0.15) is 19.8 Å². The molecule has 2 aliphatic rings. The molecule has 1 unspecified atom stereocenters. The van der Waals surface area contributed by atoms with Crippen LogP contribution in [0.5, 0.6) is 0 Å². The fourth-order valence-electron chi connectivity index (χ4n) is 2.81. The lowest BCUT2D eigenvalue weighted by molar-refractivity contribution is 0.107. The van der Waals surface area contributed by atoms with Crippen molar-refractivity contribution in [2.45, 2.75) is 31.1 Å². The molecule has 1 N–H and O–H groups in total. The van der Waals surface area contributed by atoms with E-state index in [0.717, 1.165) is 11.3 Å². The molecule has 17 heavy (non-hydrogen) atoms. The molecule has 0 spiro atoms. The predicted molar refractivity (Wildman–Crippen MR) is 76.9 cm³/mol. The molecule has 0 aromatic rings. The average molecular weight is 257 g/mol. The molecule has 3 nitrogen and oxygen atoms in total. The second-order valence-corrected chi connectivity index (χ2v) is 6.88. The summed E-state index contributed by atoms with van der Waals surface area (Å²) in [6.45, 7) is 9.82. The van der Waals surface area contributed by atoms with E-state index in [9.17, 15) is 0 Å². The van der Waals surface area contributed by atoms with Gasteiger partial charge in [0.25, 0.3) is 0 Å². The summed E-state index contributed by atoms with van der Waals surface area (Å²) in [6.07, 6.45) is 2.73. The number of likely N-dealkylation sites (N-methyl/N-ethyl adjacent to an activating group) is 1. The number of piperidine rings is 1. The highest BCUT2D eigenvalue weighted by Crippen LogP contribution is 2.20. The predicted octanol–water partition coefficient (Wildman–Crippen LogP) is 1.11. The number of nitrogens with zero attached hydrogens (tertiary/aromatic N) is 2. The number of nitrogens with one attached hydrogen (secondary N) is 1. The van der Waals surface area contributed by atoms with Crippen LogP contribution in [0.4, 0.5) is 0 Å². The number of piperazine rings is 1. The van der Waals surface area contributed by atoms with Crippen molar-refractivity contribution in [2.75, 3.05) is 52.1 Å². The Hall–Kier alpha value is 0.230. The van der Waals surface area contributed by atoms with Crippen molar-refractivity contribution in [1.29, 1.82) is 0 Å². The zero-order chi connectivity index (χ0) is 12.1. The standard InChI is InChI=1S/C13H27N3S/c1-12-11-15(2)7-8-16(12)9-10-17-13-3-5-14-6-4-13/h12-14H,3-11H2,1-2H3. The molecule has 0 amide bonds. The molecule has 2 rings (SSSR count). The third kappa shape index (κ3) is 4.43. The Labute approximate surface area is 110 Å². The molecule has 2 aliphatic heterocycles. The highest BCUT2D eigenvalue weighted by atomic mass is 32.2. The van der Waals surface area contributed by atoms with Crippen LogP contribution in [0.3, 0.4) is 0 Å². The fourth-order valence-corrected chi connectivity index (χ4v) is 4.05. The van der Waals surface area contributed by atoms with Crippen LogP contribution in [-0.2, 0) is 0 Å². The van der Waals surface area contributed by atoms with Gasteiger partial charge in [-0.3, -0.25) is 4.90 Å². The van der Waals surface area contributed by atoms with Gasteiger partial charge in [0.15, 0.2) is 0 Å². The van der Waals surface area contributed by atoms with Gasteiger partial charge in [0.05, 0.1) is 0 Å². The van der Waals surface area contributed by atoms with E-state index >= 15 is 0 Å². The first-order valence-electron chi connectivity index (χ1n) is 7.00. The van der Waals surface area contributed by atoms with Crippen molar-refractivity contribution < 1.29 is 0 Å². The van der Waals surface area contributed by atoms with Gasteiger partial charge in [-0.15, -0.1) is 0 Å². The van der Waals surface area contributed by atoms with Crippen LogP contribution in [0.2, 0.25) is 0 Å². The smallest absolute Gasteiger partial charge is 0.0195 e. The summed E-state index contributed by atoms with van der Waals surface area (Å²) < 4.78 is 0. The zero-order valence-corrected chi connectivity index (χ0v) is 12.1. The van der Waals surface area contributed by atoms with Gasteiger partial charge < -0.3 is 10.2 Å². The molecule has 0 radical (unpaired) electrons. The first-order valence-corrected chi connectivity index (χ1v) is 8.05. The van der Waals surface area contributed by atoms with E-state index in [1.165, 1.54) is 57.9 Å².